The molecule has 1 fully saturated rings. The smallest absolute Gasteiger partial charge is 0.118 e. The summed E-state index contributed by atoms with van der Waals surface area (Å²) in [6.07, 6.45) is 0.359. The van der Waals surface area contributed by atoms with E-state index in [9.17, 15) is 5.11 Å². The second kappa shape index (κ2) is 6.73. The van der Waals surface area contributed by atoms with Crippen molar-refractivity contribution in [2.75, 3.05) is 40.0 Å². The summed E-state index contributed by atoms with van der Waals surface area (Å²) in [7, 11) is 1.66. The van der Waals surface area contributed by atoms with Gasteiger partial charge >= 0.3 is 0 Å². The molecular weight excluding hydrogens is 230 g/mol. The number of hydrogen-bond acceptors (Lipinski definition) is 4. The fourth-order valence-electron chi connectivity index (χ4n) is 2.18. The van der Waals surface area contributed by atoms with E-state index in [-0.39, 0.29) is 6.10 Å². The minimum absolute atomic E-state index is 0.323. The van der Waals surface area contributed by atoms with Crippen LogP contribution in [-0.2, 0) is 11.2 Å². The molecule has 0 bridgehead atoms. The zero-order valence-corrected chi connectivity index (χ0v) is 10.8. The number of nitrogens with zero attached hydrogens (tertiary/aromatic N) is 1. The molecule has 1 aliphatic heterocycles. The molecule has 0 aromatic heterocycles. The van der Waals surface area contributed by atoms with E-state index in [0.29, 0.717) is 6.42 Å². The van der Waals surface area contributed by atoms with Gasteiger partial charge in [0.1, 0.15) is 5.75 Å². The van der Waals surface area contributed by atoms with Crippen LogP contribution >= 0.6 is 0 Å². The van der Waals surface area contributed by atoms with E-state index in [1.165, 1.54) is 0 Å². The van der Waals surface area contributed by atoms with E-state index in [1.807, 2.05) is 24.3 Å². The summed E-state index contributed by atoms with van der Waals surface area (Å²) in [5.74, 6) is 0.849. The first-order valence-corrected chi connectivity index (χ1v) is 6.39. The Kier molecular flexibility index (Phi) is 4.99. The Balaban J connectivity index is 1.80. The van der Waals surface area contributed by atoms with Crippen molar-refractivity contribution in [3.63, 3.8) is 0 Å². The number of rotatable bonds is 5. The normalized spacial score (nSPS) is 18.6. The first-order chi connectivity index (χ1) is 8.78. The maximum absolute atomic E-state index is 10.1. The monoisotopic (exact) mass is 251 g/mol. The van der Waals surface area contributed by atoms with Crippen LogP contribution < -0.4 is 4.74 Å². The van der Waals surface area contributed by atoms with Gasteiger partial charge in [-0.15, -0.1) is 0 Å². The number of methoxy groups -OCH3 is 1. The van der Waals surface area contributed by atoms with Crippen LogP contribution in [0.3, 0.4) is 0 Å². The molecule has 1 atom stereocenters. The Morgan fingerprint density at radius 3 is 2.56 bits per heavy atom. The zero-order chi connectivity index (χ0) is 12.8. The summed E-state index contributed by atoms with van der Waals surface area (Å²) in [6.45, 7) is 4.10. The molecule has 1 saturated heterocycles. The van der Waals surface area contributed by atoms with Gasteiger partial charge in [0.05, 0.1) is 26.4 Å². The summed E-state index contributed by atoms with van der Waals surface area (Å²) in [6, 6.07) is 7.86. The quantitative estimate of drug-likeness (QED) is 0.845. The molecule has 1 heterocycles. The van der Waals surface area contributed by atoms with Crippen molar-refractivity contribution >= 4 is 0 Å². The standard InChI is InChI=1S/C14H21NO3/c1-17-14-4-2-12(3-5-14)10-13(16)11-15-6-8-18-9-7-15/h2-5,13,16H,6-11H2,1H3/t13-/m1/s1. The molecule has 1 N–H and O–H groups in total. The molecule has 100 valence electrons. The second-order valence-electron chi connectivity index (χ2n) is 4.62. The summed E-state index contributed by atoms with van der Waals surface area (Å²) >= 11 is 0. The van der Waals surface area contributed by atoms with Gasteiger partial charge in [-0.3, -0.25) is 4.90 Å². The Morgan fingerprint density at radius 2 is 1.94 bits per heavy atom. The highest BCUT2D eigenvalue weighted by molar-refractivity contribution is 5.27. The van der Waals surface area contributed by atoms with Gasteiger partial charge in [0.15, 0.2) is 0 Å². The minimum atomic E-state index is -0.323. The molecule has 0 spiro atoms. The lowest BCUT2D eigenvalue weighted by atomic mass is 10.1. The SMILES string of the molecule is COc1ccc(C[C@@H](O)CN2CCOCC2)cc1. The average molecular weight is 251 g/mol. The third-order valence-corrected chi connectivity index (χ3v) is 3.20. The third kappa shape index (κ3) is 3.98. The largest absolute Gasteiger partial charge is 0.497 e. The van der Waals surface area contributed by atoms with Crippen LogP contribution in [0.2, 0.25) is 0 Å². The highest BCUT2D eigenvalue weighted by Crippen LogP contribution is 2.13. The number of ether oxygens (including phenoxy) is 2. The lowest BCUT2D eigenvalue weighted by Crippen LogP contribution is -2.41. The average Bonchev–Trinajstić information content (AvgIpc) is 2.40. The number of hydrogen-bond donors (Lipinski definition) is 1. The second-order valence-corrected chi connectivity index (χ2v) is 4.62. The number of aliphatic hydroxyl groups is 1. The highest BCUT2D eigenvalue weighted by atomic mass is 16.5. The molecule has 0 aliphatic carbocycles. The zero-order valence-electron chi connectivity index (χ0n) is 10.8. The lowest BCUT2D eigenvalue weighted by Gasteiger charge is -2.28. The van der Waals surface area contributed by atoms with Gasteiger partial charge < -0.3 is 14.6 Å². The van der Waals surface area contributed by atoms with Crippen LogP contribution in [-0.4, -0.2) is 56.1 Å². The van der Waals surface area contributed by atoms with E-state index in [1.54, 1.807) is 7.11 Å². The number of aliphatic hydroxyl groups excluding tert-OH is 1. The van der Waals surface area contributed by atoms with E-state index in [2.05, 4.69) is 4.90 Å². The molecule has 1 aliphatic rings. The molecule has 2 rings (SSSR count). The van der Waals surface area contributed by atoms with Crippen LogP contribution in [0.25, 0.3) is 0 Å². The van der Waals surface area contributed by atoms with Crippen molar-refractivity contribution in [3.8, 4) is 5.75 Å². The predicted octanol–water partition coefficient (Wildman–Crippen LogP) is 0.931. The van der Waals surface area contributed by atoms with Gasteiger partial charge in [-0.05, 0) is 24.1 Å². The molecule has 4 nitrogen and oxygen atoms in total. The maximum atomic E-state index is 10.1. The van der Waals surface area contributed by atoms with Gasteiger partial charge in [0.25, 0.3) is 0 Å². The van der Waals surface area contributed by atoms with Crippen LogP contribution in [0.15, 0.2) is 24.3 Å². The van der Waals surface area contributed by atoms with Gasteiger partial charge in [-0.25, -0.2) is 0 Å². The summed E-state index contributed by atoms with van der Waals surface area (Å²) in [4.78, 5) is 2.25. The molecule has 4 heteroatoms. The Bertz CT molecular complexity index is 347. The highest BCUT2D eigenvalue weighted by Gasteiger charge is 2.15. The van der Waals surface area contributed by atoms with E-state index in [0.717, 1.165) is 44.2 Å². The topological polar surface area (TPSA) is 41.9 Å². The van der Waals surface area contributed by atoms with Crippen molar-refractivity contribution in [2.45, 2.75) is 12.5 Å². The third-order valence-electron chi connectivity index (χ3n) is 3.20. The number of β-amino-alcohol motifs (C(OH)–C–C–N with tert-alkyl or cyclic N) is 1. The maximum Gasteiger partial charge on any atom is 0.118 e. The Hall–Kier alpha value is -1.10. The van der Waals surface area contributed by atoms with Crippen LogP contribution in [0.5, 0.6) is 5.75 Å². The first kappa shape index (κ1) is 13.3. The van der Waals surface area contributed by atoms with Crippen LogP contribution in [0.1, 0.15) is 5.56 Å². The summed E-state index contributed by atoms with van der Waals surface area (Å²) < 4.78 is 10.4. The molecular formula is C14H21NO3. The Labute approximate surface area is 108 Å². The molecule has 18 heavy (non-hydrogen) atoms. The summed E-state index contributed by atoms with van der Waals surface area (Å²) in [5.41, 5.74) is 1.14. The van der Waals surface area contributed by atoms with Gasteiger partial charge in [-0.2, -0.15) is 0 Å². The number of morpholine rings is 1. The van der Waals surface area contributed by atoms with Crippen molar-refractivity contribution < 1.29 is 14.6 Å². The molecule has 0 amide bonds. The predicted molar refractivity (Wildman–Crippen MR) is 70.0 cm³/mol. The Morgan fingerprint density at radius 1 is 1.28 bits per heavy atom. The summed E-state index contributed by atoms with van der Waals surface area (Å²) in [5, 5.41) is 10.1. The lowest BCUT2D eigenvalue weighted by molar-refractivity contribution is 0.0149. The molecule has 1 aromatic rings. The molecule has 0 unspecified atom stereocenters. The van der Waals surface area contributed by atoms with E-state index >= 15 is 0 Å². The molecule has 1 aromatic carbocycles. The van der Waals surface area contributed by atoms with Crippen molar-refractivity contribution in [2.24, 2.45) is 0 Å². The minimum Gasteiger partial charge on any atom is -0.497 e. The van der Waals surface area contributed by atoms with Gasteiger partial charge in [0, 0.05) is 19.6 Å². The van der Waals surface area contributed by atoms with Gasteiger partial charge in [-0.1, -0.05) is 12.1 Å². The fraction of sp³-hybridized carbons (Fsp3) is 0.571. The molecule has 0 radical (unpaired) electrons. The number of benzene rings is 1. The fourth-order valence-corrected chi connectivity index (χ4v) is 2.18. The van der Waals surface area contributed by atoms with Crippen molar-refractivity contribution in [1.29, 1.82) is 0 Å². The van der Waals surface area contributed by atoms with Crippen LogP contribution in [0, 0.1) is 0 Å². The van der Waals surface area contributed by atoms with Gasteiger partial charge in [0.2, 0.25) is 0 Å². The van der Waals surface area contributed by atoms with Crippen LogP contribution in [0.4, 0.5) is 0 Å². The first-order valence-electron chi connectivity index (χ1n) is 6.39. The molecule has 0 saturated carbocycles. The van der Waals surface area contributed by atoms with E-state index < -0.39 is 0 Å². The van der Waals surface area contributed by atoms with E-state index in [4.69, 9.17) is 9.47 Å². The van der Waals surface area contributed by atoms with Crippen molar-refractivity contribution in [3.05, 3.63) is 29.8 Å². The van der Waals surface area contributed by atoms with Crippen molar-refractivity contribution in [1.82, 2.24) is 4.90 Å².